The molecule has 3 aromatic rings. The second kappa shape index (κ2) is 10.7. The highest BCUT2D eigenvalue weighted by atomic mass is 19.4. The lowest BCUT2D eigenvalue weighted by atomic mass is 10.1. The number of aromatic nitrogens is 3. The summed E-state index contributed by atoms with van der Waals surface area (Å²) in [6.07, 6.45) is -3.10. The molecule has 2 aromatic heterocycles. The van der Waals surface area contributed by atoms with Crippen LogP contribution >= 0.6 is 0 Å². The number of piperazine rings is 1. The van der Waals surface area contributed by atoms with Gasteiger partial charge in [-0.05, 0) is 42.8 Å². The Labute approximate surface area is 207 Å². The van der Waals surface area contributed by atoms with E-state index in [0.717, 1.165) is 11.6 Å². The van der Waals surface area contributed by atoms with Crippen molar-refractivity contribution in [1.29, 1.82) is 0 Å². The van der Waals surface area contributed by atoms with Gasteiger partial charge >= 0.3 is 6.18 Å². The predicted molar refractivity (Wildman–Crippen MR) is 131 cm³/mol. The number of hydrogen-bond acceptors (Lipinski definition) is 7. The minimum atomic E-state index is -4.47. The van der Waals surface area contributed by atoms with E-state index in [2.05, 4.69) is 9.97 Å². The zero-order valence-electron chi connectivity index (χ0n) is 20.4. The number of aryl methyl sites for hydroxylation is 1. The summed E-state index contributed by atoms with van der Waals surface area (Å²) < 4.78 is 59.5. The van der Waals surface area contributed by atoms with Gasteiger partial charge in [0.25, 0.3) is 0 Å². The molecular formula is C25H28F4N6O. The number of halogens is 4. The van der Waals surface area contributed by atoms with Crippen molar-refractivity contribution in [2.24, 2.45) is 0 Å². The molecular weight excluding hydrogens is 476 g/mol. The van der Waals surface area contributed by atoms with E-state index in [0.29, 0.717) is 62.4 Å². The first-order valence-corrected chi connectivity index (χ1v) is 11.5. The quantitative estimate of drug-likeness (QED) is 0.442. The van der Waals surface area contributed by atoms with E-state index in [1.54, 1.807) is 31.1 Å². The number of ether oxygens (including phenoxy) is 1. The molecule has 11 heteroatoms. The second-order valence-electron chi connectivity index (χ2n) is 8.64. The SMILES string of the molecule is COCCN(C)c1nc(-c2ccc(F)c(C)c2)cc(N2CCN(c3ncccc3C(F)(F)F)CC2)n1. The van der Waals surface area contributed by atoms with Crippen LogP contribution in [0, 0.1) is 12.7 Å². The molecule has 0 aliphatic carbocycles. The van der Waals surface area contributed by atoms with Gasteiger partial charge in [-0.15, -0.1) is 0 Å². The van der Waals surface area contributed by atoms with Gasteiger partial charge in [-0.3, -0.25) is 0 Å². The first kappa shape index (κ1) is 25.6. The van der Waals surface area contributed by atoms with Crippen LogP contribution in [0.5, 0.6) is 0 Å². The molecule has 0 radical (unpaired) electrons. The van der Waals surface area contributed by atoms with Crippen LogP contribution in [0.15, 0.2) is 42.6 Å². The largest absolute Gasteiger partial charge is 0.419 e. The lowest BCUT2D eigenvalue weighted by Crippen LogP contribution is -2.47. The molecule has 0 amide bonds. The van der Waals surface area contributed by atoms with Crippen molar-refractivity contribution in [3.63, 3.8) is 0 Å². The van der Waals surface area contributed by atoms with Crippen LogP contribution in [-0.4, -0.2) is 68.4 Å². The van der Waals surface area contributed by atoms with Crippen LogP contribution in [0.3, 0.4) is 0 Å². The summed E-state index contributed by atoms with van der Waals surface area (Å²) in [6.45, 7) is 4.35. The number of nitrogens with zero attached hydrogens (tertiary/aromatic N) is 6. The third-order valence-corrected chi connectivity index (χ3v) is 6.12. The zero-order chi connectivity index (χ0) is 25.9. The Morgan fingerprint density at radius 3 is 2.42 bits per heavy atom. The monoisotopic (exact) mass is 504 g/mol. The van der Waals surface area contributed by atoms with E-state index in [1.807, 2.05) is 22.9 Å². The molecule has 0 spiro atoms. The number of anilines is 3. The standard InChI is InChI=1S/C25H28F4N6O/c1-17-15-18(6-7-20(17)26)21-16-22(32-24(31-21)33(2)13-14-36-3)34-9-11-35(12-10-34)23-19(25(27,28)29)5-4-8-30-23/h4-8,15-16H,9-14H2,1-3H3. The number of rotatable bonds is 7. The van der Waals surface area contributed by atoms with Crippen molar-refractivity contribution in [2.45, 2.75) is 13.1 Å². The van der Waals surface area contributed by atoms with Gasteiger partial charge in [0.1, 0.15) is 17.5 Å². The molecule has 1 aliphatic rings. The number of hydrogen-bond donors (Lipinski definition) is 0. The van der Waals surface area contributed by atoms with Gasteiger partial charge in [0.15, 0.2) is 0 Å². The van der Waals surface area contributed by atoms with Crippen molar-refractivity contribution < 1.29 is 22.3 Å². The summed E-state index contributed by atoms with van der Waals surface area (Å²) in [7, 11) is 3.47. The Bertz CT molecular complexity index is 1200. The molecule has 1 fully saturated rings. The van der Waals surface area contributed by atoms with Crippen molar-refractivity contribution >= 4 is 17.6 Å². The Morgan fingerprint density at radius 2 is 1.75 bits per heavy atom. The molecule has 1 aromatic carbocycles. The molecule has 0 atom stereocenters. The number of likely N-dealkylation sites (N-methyl/N-ethyl adjacent to an activating group) is 1. The number of methoxy groups -OCH3 is 1. The van der Waals surface area contributed by atoms with Crippen LogP contribution in [-0.2, 0) is 10.9 Å². The fourth-order valence-corrected chi connectivity index (χ4v) is 4.05. The van der Waals surface area contributed by atoms with Gasteiger partial charge in [0.2, 0.25) is 5.95 Å². The third-order valence-electron chi connectivity index (χ3n) is 6.12. The second-order valence-corrected chi connectivity index (χ2v) is 8.64. The van der Waals surface area contributed by atoms with E-state index >= 15 is 0 Å². The van der Waals surface area contributed by atoms with Crippen LogP contribution in [0.2, 0.25) is 0 Å². The van der Waals surface area contributed by atoms with Crippen molar-refractivity contribution in [3.05, 3.63) is 59.5 Å². The maximum atomic E-state index is 13.9. The van der Waals surface area contributed by atoms with Crippen molar-refractivity contribution in [3.8, 4) is 11.3 Å². The van der Waals surface area contributed by atoms with E-state index in [-0.39, 0.29) is 11.6 Å². The fourth-order valence-electron chi connectivity index (χ4n) is 4.05. The number of pyridine rings is 1. The van der Waals surface area contributed by atoms with E-state index in [1.165, 1.54) is 18.3 Å². The van der Waals surface area contributed by atoms with E-state index in [9.17, 15) is 17.6 Å². The van der Waals surface area contributed by atoms with E-state index < -0.39 is 11.7 Å². The maximum Gasteiger partial charge on any atom is 0.419 e. The van der Waals surface area contributed by atoms with Gasteiger partial charge in [-0.2, -0.15) is 18.2 Å². The van der Waals surface area contributed by atoms with Crippen LogP contribution in [0.4, 0.5) is 35.1 Å². The normalized spacial score (nSPS) is 14.3. The van der Waals surface area contributed by atoms with E-state index in [4.69, 9.17) is 9.72 Å². The molecule has 0 unspecified atom stereocenters. The van der Waals surface area contributed by atoms with Crippen molar-refractivity contribution in [2.75, 3.05) is 68.2 Å². The predicted octanol–water partition coefficient (Wildman–Crippen LogP) is 4.41. The lowest BCUT2D eigenvalue weighted by Gasteiger charge is -2.37. The van der Waals surface area contributed by atoms with Crippen LogP contribution in [0.1, 0.15) is 11.1 Å². The Balaban J connectivity index is 1.61. The molecule has 3 heterocycles. The highest BCUT2D eigenvalue weighted by Gasteiger charge is 2.36. The first-order chi connectivity index (χ1) is 17.2. The molecule has 0 N–H and O–H groups in total. The van der Waals surface area contributed by atoms with Gasteiger partial charge in [0.05, 0.1) is 17.9 Å². The average molecular weight is 505 g/mol. The van der Waals surface area contributed by atoms with Gasteiger partial charge < -0.3 is 19.4 Å². The third kappa shape index (κ3) is 5.67. The zero-order valence-corrected chi connectivity index (χ0v) is 20.4. The van der Waals surface area contributed by atoms with Gasteiger partial charge in [-0.25, -0.2) is 14.4 Å². The van der Waals surface area contributed by atoms with Crippen LogP contribution in [0.25, 0.3) is 11.3 Å². The maximum absolute atomic E-state index is 13.9. The molecule has 7 nitrogen and oxygen atoms in total. The summed E-state index contributed by atoms with van der Waals surface area (Å²) in [5.74, 6) is 0.773. The fraction of sp³-hybridized carbons (Fsp3) is 0.400. The summed E-state index contributed by atoms with van der Waals surface area (Å²) >= 11 is 0. The number of benzene rings is 1. The molecule has 4 rings (SSSR count). The lowest BCUT2D eigenvalue weighted by molar-refractivity contribution is -0.137. The Kier molecular flexibility index (Phi) is 7.58. The summed E-state index contributed by atoms with van der Waals surface area (Å²) in [6, 6.07) is 8.99. The smallest absolute Gasteiger partial charge is 0.383 e. The molecule has 0 bridgehead atoms. The topological polar surface area (TPSA) is 57.6 Å². The summed E-state index contributed by atoms with van der Waals surface area (Å²) in [5.41, 5.74) is 1.15. The van der Waals surface area contributed by atoms with Gasteiger partial charge in [-0.1, -0.05) is 0 Å². The summed E-state index contributed by atoms with van der Waals surface area (Å²) in [5, 5.41) is 0. The molecule has 192 valence electrons. The van der Waals surface area contributed by atoms with Gasteiger partial charge in [0, 0.05) is 64.7 Å². The highest BCUT2D eigenvalue weighted by Crippen LogP contribution is 2.35. The number of alkyl halides is 3. The Morgan fingerprint density at radius 1 is 1.03 bits per heavy atom. The van der Waals surface area contributed by atoms with Crippen LogP contribution < -0.4 is 14.7 Å². The average Bonchev–Trinajstić information content (AvgIpc) is 2.88. The minimum absolute atomic E-state index is 0.0604. The highest BCUT2D eigenvalue weighted by molar-refractivity contribution is 5.66. The molecule has 36 heavy (non-hydrogen) atoms. The Hall–Kier alpha value is -3.47. The van der Waals surface area contributed by atoms with Crippen molar-refractivity contribution in [1.82, 2.24) is 15.0 Å². The molecule has 1 aliphatic heterocycles. The first-order valence-electron chi connectivity index (χ1n) is 11.5. The molecule has 1 saturated heterocycles. The summed E-state index contributed by atoms with van der Waals surface area (Å²) in [4.78, 5) is 19.0. The minimum Gasteiger partial charge on any atom is -0.383 e. The molecule has 0 saturated carbocycles.